The summed E-state index contributed by atoms with van der Waals surface area (Å²) in [6, 6.07) is 22.8. The molecule has 292 valence electrons. The molecular weight excluding hydrogens is 814 g/mol. The summed E-state index contributed by atoms with van der Waals surface area (Å²) in [6.45, 7) is 5.77. The van der Waals surface area contributed by atoms with Crippen LogP contribution in [-0.2, 0) is 30.3 Å². The zero-order chi connectivity index (χ0) is 40.0. The van der Waals surface area contributed by atoms with Crippen molar-refractivity contribution in [2.24, 2.45) is 0 Å². The standard InChI is InChI=1S/C40H39Cl2N5O6S3/c1-40(2,3)53-39(51)43-18-10-15-31(54)46-38-44-21-29(56-38)26-22-55-36-32(45-30(48)20-23-16-17-27(41)28(42)19-23)35(49)47(36)33(26)37(50)52-34(24-11-6-4-7-12-24)25-13-8-5-9-14-25/h4-9,11-14,16-17,19,21,32,34,36H,10,15,18,20,22H2,1-3H3,(H,43,51)(H,45,48)(H,44,46,54). The summed E-state index contributed by atoms with van der Waals surface area (Å²) in [5.74, 6) is -1.16. The fraction of sp³-hybridized carbons (Fsp3) is 0.300. The molecule has 2 unspecified atom stereocenters. The lowest BCUT2D eigenvalue weighted by atomic mass is 10.00. The number of carbonyl (C=O) groups is 4. The van der Waals surface area contributed by atoms with Gasteiger partial charge in [-0.05, 0) is 62.4 Å². The van der Waals surface area contributed by atoms with Gasteiger partial charge < -0.3 is 25.4 Å². The van der Waals surface area contributed by atoms with Crippen molar-refractivity contribution in [1.29, 1.82) is 0 Å². The summed E-state index contributed by atoms with van der Waals surface area (Å²) in [4.78, 5) is 60.6. The molecule has 3 heterocycles. The molecule has 6 rings (SSSR count). The molecule has 3 amide bonds. The molecule has 2 aliphatic heterocycles. The Morgan fingerprint density at radius 3 is 2.32 bits per heavy atom. The predicted molar refractivity (Wildman–Crippen MR) is 225 cm³/mol. The number of carbonyl (C=O) groups excluding carboxylic acids is 4. The smallest absolute Gasteiger partial charge is 0.407 e. The van der Waals surface area contributed by atoms with Gasteiger partial charge in [-0.1, -0.05) is 113 Å². The van der Waals surface area contributed by atoms with E-state index in [1.165, 1.54) is 28.0 Å². The van der Waals surface area contributed by atoms with Crippen LogP contribution < -0.4 is 16.0 Å². The first-order valence-corrected chi connectivity index (χ1v) is 20.7. The summed E-state index contributed by atoms with van der Waals surface area (Å²) in [5.41, 5.74) is 2.24. The lowest BCUT2D eigenvalue weighted by Gasteiger charge is -2.49. The van der Waals surface area contributed by atoms with Crippen LogP contribution in [0.3, 0.4) is 0 Å². The Labute approximate surface area is 348 Å². The van der Waals surface area contributed by atoms with Crippen LogP contribution in [0.25, 0.3) is 5.57 Å². The van der Waals surface area contributed by atoms with E-state index in [1.807, 2.05) is 60.7 Å². The number of thiazole rings is 1. The van der Waals surface area contributed by atoms with Crippen LogP contribution in [0, 0.1) is 0 Å². The third-order valence-corrected chi connectivity index (χ3v) is 11.9. The summed E-state index contributed by atoms with van der Waals surface area (Å²) in [6.07, 6.45) is 1.43. The number of alkyl carbamates (subject to hydrolysis) is 1. The van der Waals surface area contributed by atoms with Crippen molar-refractivity contribution in [2.45, 2.75) is 63.2 Å². The Kier molecular flexibility index (Phi) is 13.4. The van der Waals surface area contributed by atoms with Gasteiger partial charge in [0.15, 0.2) is 11.2 Å². The Bertz CT molecular complexity index is 2100. The number of β-lactam (4-membered cyclic amide) rings is 1. The molecule has 1 fully saturated rings. The molecule has 0 bridgehead atoms. The van der Waals surface area contributed by atoms with Crippen molar-refractivity contribution in [3.8, 4) is 0 Å². The molecule has 0 radical (unpaired) electrons. The second-order valence-corrected chi connectivity index (χ2v) is 17.4. The number of hydrogen-bond acceptors (Lipinski definition) is 10. The molecule has 3 aromatic carbocycles. The van der Waals surface area contributed by atoms with E-state index in [0.29, 0.717) is 61.3 Å². The number of hydrogen-bond donors (Lipinski definition) is 3. The first-order valence-electron chi connectivity index (χ1n) is 17.7. The Morgan fingerprint density at radius 2 is 1.68 bits per heavy atom. The summed E-state index contributed by atoms with van der Waals surface area (Å²) < 4.78 is 11.6. The van der Waals surface area contributed by atoms with Crippen molar-refractivity contribution >= 4 is 98.1 Å². The summed E-state index contributed by atoms with van der Waals surface area (Å²) in [5, 5.41) is 9.38. The van der Waals surface area contributed by atoms with E-state index < -0.39 is 41.1 Å². The van der Waals surface area contributed by atoms with Gasteiger partial charge in [-0.2, -0.15) is 0 Å². The van der Waals surface area contributed by atoms with Crippen LogP contribution in [0.4, 0.5) is 9.93 Å². The van der Waals surface area contributed by atoms with Crippen LogP contribution in [0.15, 0.2) is 90.8 Å². The number of amides is 3. The van der Waals surface area contributed by atoms with E-state index >= 15 is 0 Å². The van der Waals surface area contributed by atoms with Crippen LogP contribution >= 0.6 is 58.5 Å². The molecule has 56 heavy (non-hydrogen) atoms. The maximum Gasteiger partial charge on any atom is 0.407 e. The van der Waals surface area contributed by atoms with Crippen molar-refractivity contribution in [3.05, 3.63) is 122 Å². The number of aromatic nitrogens is 1. The summed E-state index contributed by atoms with van der Waals surface area (Å²) in [7, 11) is 0. The number of nitrogens with zero attached hydrogens (tertiary/aromatic N) is 2. The first kappa shape index (κ1) is 41.2. The average Bonchev–Trinajstić information content (AvgIpc) is 3.63. The van der Waals surface area contributed by atoms with Gasteiger partial charge in [-0.25, -0.2) is 14.6 Å². The first-order chi connectivity index (χ1) is 26.8. The Morgan fingerprint density at radius 1 is 1.00 bits per heavy atom. The predicted octanol–water partition coefficient (Wildman–Crippen LogP) is 8.18. The fourth-order valence-electron chi connectivity index (χ4n) is 6.01. The molecule has 16 heteroatoms. The molecule has 1 saturated heterocycles. The number of halogens is 2. The monoisotopic (exact) mass is 851 g/mol. The average molecular weight is 853 g/mol. The normalized spacial score (nSPS) is 16.5. The van der Waals surface area contributed by atoms with E-state index in [4.69, 9.17) is 44.9 Å². The minimum absolute atomic E-state index is 0.0113. The van der Waals surface area contributed by atoms with Crippen LogP contribution in [0.2, 0.25) is 10.0 Å². The number of fused-ring (bicyclic) bond motifs is 1. The maximum atomic E-state index is 14.5. The molecule has 11 nitrogen and oxygen atoms in total. The van der Waals surface area contributed by atoms with Gasteiger partial charge in [0.05, 0.1) is 26.3 Å². The highest BCUT2D eigenvalue weighted by molar-refractivity contribution is 8.00. The number of benzene rings is 3. The lowest BCUT2D eigenvalue weighted by Crippen LogP contribution is -2.70. The number of ether oxygens (including phenoxy) is 2. The second kappa shape index (κ2) is 18.2. The molecular formula is C40H39Cl2N5O6S3. The quantitative estimate of drug-likeness (QED) is 0.0523. The molecule has 0 aliphatic carbocycles. The molecule has 0 spiro atoms. The largest absolute Gasteiger partial charge is 0.448 e. The highest BCUT2D eigenvalue weighted by Crippen LogP contribution is 2.45. The number of thiocarbonyl (C=S) groups is 1. The number of rotatable bonds is 13. The van der Waals surface area contributed by atoms with Gasteiger partial charge in [0, 0.05) is 24.1 Å². The molecule has 2 aliphatic rings. The van der Waals surface area contributed by atoms with Crippen molar-refractivity contribution in [2.75, 3.05) is 17.6 Å². The number of nitrogens with one attached hydrogen (secondary N) is 3. The van der Waals surface area contributed by atoms with Crippen LogP contribution in [-0.4, -0.2) is 68.1 Å². The number of anilines is 1. The molecule has 4 aromatic rings. The fourth-order valence-corrected chi connectivity index (χ4v) is 8.98. The Balaban J connectivity index is 1.21. The minimum Gasteiger partial charge on any atom is -0.448 e. The van der Waals surface area contributed by atoms with Gasteiger partial charge in [-0.15, -0.1) is 11.8 Å². The zero-order valence-corrected chi connectivity index (χ0v) is 34.6. The van der Waals surface area contributed by atoms with Crippen molar-refractivity contribution in [3.63, 3.8) is 0 Å². The van der Waals surface area contributed by atoms with Gasteiger partial charge >= 0.3 is 12.1 Å². The van der Waals surface area contributed by atoms with Crippen LogP contribution in [0.5, 0.6) is 0 Å². The third-order valence-electron chi connectivity index (χ3n) is 8.55. The van der Waals surface area contributed by atoms with E-state index in [0.717, 1.165) is 11.1 Å². The lowest BCUT2D eigenvalue weighted by molar-refractivity contribution is -0.154. The van der Waals surface area contributed by atoms with Gasteiger partial charge in [0.25, 0.3) is 5.91 Å². The van der Waals surface area contributed by atoms with Gasteiger partial charge in [0.1, 0.15) is 22.7 Å². The third kappa shape index (κ3) is 10.3. The minimum atomic E-state index is -0.862. The van der Waals surface area contributed by atoms with E-state index in [2.05, 4.69) is 20.9 Å². The summed E-state index contributed by atoms with van der Waals surface area (Å²) >= 11 is 20.5. The van der Waals surface area contributed by atoms with E-state index in [9.17, 15) is 19.2 Å². The zero-order valence-electron chi connectivity index (χ0n) is 30.7. The number of esters is 1. The molecule has 3 N–H and O–H groups in total. The molecule has 2 atom stereocenters. The van der Waals surface area contributed by atoms with Crippen molar-refractivity contribution < 1.29 is 28.7 Å². The topological polar surface area (TPSA) is 139 Å². The van der Waals surface area contributed by atoms with Crippen molar-refractivity contribution in [1.82, 2.24) is 20.5 Å². The second-order valence-electron chi connectivity index (χ2n) is 13.9. The van der Waals surface area contributed by atoms with E-state index in [-0.39, 0.29) is 18.0 Å². The van der Waals surface area contributed by atoms with Gasteiger partial charge in [-0.3, -0.25) is 14.5 Å². The maximum absolute atomic E-state index is 14.5. The SMILES string of the molecule is CC(C)(C)OC(=O)NCCCC(=S)Nc1ncc(C2=C(C(=O)OC(c3ccccc3)c3ccccc3)N3C(=O)C(NC(=O)Cc4ccc(Cl)c(Cl)c4)C3SC2)s1. The highest BCUT2D eigenvalue weighted by Gasteiger charge is 2.55. The van der Waals surface area contributed by atoms with Crippen LogP contribution in [0.1, 0.15) is 61.3 Å². The molecule has 0 saturated carbocycles. The molecule has 1 aromatic heterocycles. The highest BCUT2D eigenvalue weighted by atomic mass is 35.5. The van der Waals surface area contributed by atoms with Gasteiger partial charge in [0.2, 0.25) is 5.91 Å². The number of thioether (sulfide) groups is 1. The van der Waals surface area contributed by atoms with E-state index in [1.54, 1.807) is 45.2 Å². The Hall–Kier alpha value is -4.47.